The number of nitrogens with zero attached hydrogens (tertiary/aromatic N) is 3. The van der Waals surface area contributed by atoms with Crippen LogP contribution in [0.4, 0.5) is 17.1 Å². The molecule has 0 spiro atoms. The fraction of sp³-hybridized carbons (Fsp3) is 0.208. The number of nitro groups is 2. The van der Waals surface area contributed by atoms with Crippen molar-refractivity contribution in [3.05, 3.63) is 104 Å². The molecule has 170 valence electrons. The van der Waals surface area contributed by atoms with Crippen LogP contribution in [-0.2, 0) is 5.41 Å². The molecule has 0 bridgehead atoms. The SMILES string of the molecule is C/C(=N\Nc1ccc([N+](=O)[O-])cc1[N+](=O)[O-])C(C)(CSc1ccccc1)c1ccc(C)cc1. The number of nitro benzene ring substituents is 2. The summed E-state index contributed by atoms with van der Waals surface area (Å²) in [6, 6.07) is 21.7. The Bertz CT molecular complexity index is 1180. The lowest BCUT2D eigenvalue weighted by Crippen LogP contribution is -2.34. The third kappa shape index (κ3) is 5.75. The number of thioether (sulfide) groups is 1. The molecule has 0 aliphatic rings. The smallest absolute Gasteiger partial charge is 0.272 e. The Kier molecular flexibility index (Phi) is 7.44. The quantitative estimate of drug-likeness (QED) is 0.171. The molecule has 1 atom stereocenters. The fourth-order valence-corrected chi connectivity index (χ4v) is 4.39. The van der Waals surface area contributed by atoms with Gasteiger partial charge in [-0.2, -0.15) is 5.10 Å². The van der Waals surface area contributed by atoms with E-state index in [0.29, 0.717) is 5.75 Å². The van der Waals surface area contributed by atoms with Crippen molar-refractivity contribution in [1.82, 2.24) is 0 Å². The highest BCUT2D eigenvalue weighted by atomic mass is 32.2. The molecule has 33 heavy (non-hydrogen) atoms. The molecule has 3 aromatic carbocycles. The number of anilines is 1. The third-order valence-electron chi connectivity index (χ3n) is 5.49. The maximum atomic E-state index is 11.4. The second-order valence-electron chi connectivity index (χ2n) is 7.82. The third-order valence-corrected chi connectivity index (χ3v) is 6.82. The summed E-state index contributed by atoms with van der Waals surface area (Å²) in [5, 5.41) is 26.9. The van der Waals surface area contributed by atoms with Crippen molar-refractivity contribution in [2.24, 2.45) is 5.10 Å². The van der Waals surface area contributed by atoms with Gasteiger partial charge in [0.15, 0.2) is 0 Å². The van der Waals surface area contributed by atoms with Gasteiger partial charge in [0, 0.05) is 27.8 Å². The number of rotatable bonds is 9. The van der Waals surface area contributed by atoms with E-state index < -0.39 is 20.9 Å². The average Bonchev–Trinajstić information content (AvgIpc) is 2.81. The van der Waals surface area contributed by atoms with Crippen LogP contribution in [0.3, 0.4) is 0 Å². The number of nitrogens with one attached hydrogen (secondary N) is 1. The summed E-state index contributed by atoms with van der Waals surface area (Å²) in [5.41, 5.74) is 4.55. The first-order chi connectivity index (χ1) is 15.7. The molecular weight excluding hydrogens is 440 g/mol. The summed E-state index contributed by atoms with van der Waals surface area (Å²) < 4.78 is 0. The maximum Gasteiger partial charge on any atom is 0.301 e. The topological polar surface area (TPSA) is 111 Å². The van der Waals surface area contributed by atoms with Crippen molar-refractivity contribution >= 4 is 34.5 Å². The monoisotopic (exact) mass is 464 g/mol. The summed E-state index contributed by atoms with van der Waals surface area (Å²) in [6.07, 6.45) is 0. The summed E-state index contributed by atoms with van der Waals surface area (Å²) in [4.78, 5) is 22.2. The van der Waals surface area contributed by atoms with Crippen LogP contribution in [0.5, 0.6) is 0 Å². The van der Waals surface area contributed by atoms with E-state index in [1.165, 1.54) is 12.1 Å². The zero-order valence-electron chi connectivity index (χ0n) is 18.5. The molecule has 3 aromatic rings. The van der Waals surface area contributed by atoms with Crippen molar-refractivity contribution in [3.8, 4) is 0 Å². The largest absolute Gasteiger partial charge is 0.301 e. The predicted octanol–water partition coefficient (Wildman–Crippen LogP) is 6.35. The highest BCUT2D eigenvalue weighted by Gasteiger charge is 2.31. The standard InChI is InChI=1S/C24H24N4O4S/c1-17-9-11-19(12-10-17)24(3,16-33-21-7-5-4-6-8-21)18(2)25-26-22-14-13-20(27(29)30)15-23(22)28(31)32/h4-15,26H,16H2,1-3H3/b25-18+. The lowest BCUT2D eigenvalue weighted by Gasteiger charge is -2.30. The first-order valence-electron chi connectivity index (χ1n) is 10.2. The van der Waals surface area contributed by atoms with Gasteiger partial charge in [-0.15, -0.1) is 11.8 Å². The second-order valence-corrected chi connectivity index (χ2v) is 8.87. The van der Waals surface area contributed by atoms with Crippen molar-refractivity contribution in [3.63, 3.8) is 0 Å². The van der Waals surface area contributed by atoms with Crippen LogP contribution in [0.15, 0.2) is 82.8 Å². The van der Waals surface area contributed by atoms with Crippen LogP contribution in [0.25, 0.3) is 0 Å². The first kappa shape index (κ1) is 23.9. The molecule has 0 aliphatic carbocycles. The summed E-state index contributed by atoms with van der Waals surface area (Å²) in [7, 11) is 0. The first-order valence-corrected chi connectivity index (χ1v) is 11.2. The van der Waals surface area contributed by atoms with Crippen molar-refractivity contribution < 1.29 is 9.85 Å². The molecule has 0 fully saturated rings. The van der Waals surface area contributed by atoms with Crippen LogP contribution >= 0.6 is 11.8 Å². The molecule has 1 unspecified atom stereocenters. The van der Waals surface area contributed by atoms with E-state index in [1.54, 1.807) is 11.8 Å². The van der Waals surface area contributed by atoms with Gasteiger partial charge >= 0.3 is 5.69 Å². The highest BCUT2D eigenvalue weighted by Crippen LogP contribution is 2.34. The highest BCUT2D eigenvalue weighted by molar-refractivity contribution is 7.99. The van der Waals surface area contributed by atoms with Crippen LogP contribution < -0.4 is 5.43 Å². The molecule has 0 amide bonds. The molecule has 1 N–H and O–H groups in total. The minimum absolute atomic E-state index is 0.0897. The van der Waals surface area contributed by atoms with Gasteiger partial charge in [-0.1, -0.05) is 48.0 Å². The van der Waals surface area contributed by atoms with Gasteiger partial charge in [-0.05, 0) is 44.5 Å². The number of benzene rings is 3. The van der Waals surface area contributed by atoms with E-state index in [0.717, 1.165) is 27.8 Å². The van der Waals surface area contributed by atoms with E-state index >= 15 is 0 Å². The normalized spacial score (nSPS) is 13.2. The molecule has 9 heteroatoms. The van der Waals surface area contributed by atoms with Crippen molar-refractivity contribution in [1.29, 1.82) is 0 Å². The summed E-state index contributed by atoms with van der Waals surface area (Å²) in [5.74, 6) is 0.694. The van der Waals surface area contributed by atoms with E-state index in [4.69, 9.17) is 0 Å². The van der Waals surface area contributed by atoms with E-state index in [1.807, 2.05) is 56.3 Å². The lowest BCUT2D eigenvalue weighted by molar-refractivity contribution is -0.393. The van der Waals surface area contributed by atoms with Gasteiger partial charge < -0.3 is 0 Å². The molecular formula is C24H24N4O4S. The van der Waals surface area contributed by atoms with E-state index in [9.17, 15) is 20.2 Å². The van der Waals surface area contributed by atoms with Gasteiger partial charge in [-0.3, -0.25) is 25.7 Å². The van der Waals surface area contributed by atoms with Crippen LogP contribution in [-0.4, -0.2) is 21.3 Å². The van der Waals surface area contributed by atoms with Crippen LogP contribution in [0, 0.1) is 27.2 Å². The molecule has 0 radical (unpaired) electrons. The number of hydrogen-bond acceptors (Lipinski definition) is 7. The maximum absolute atomic E-state index is 11.4. The molecule has 0 heterocycles. The predicted molar refractivity (Wildman–Crippen MR) is 132 cm³/mol. The zero-order valence-corrected chi connectivity index (χ0v) is 19.3. The van der Waals surface area contributed by atoms with Crippen LogP contribution in [0.2, 0.25) is 0 Å². The Morgan fingerprint density at radius 3 is 2.27 bits per heavy atom. The zero-order chi connectivity index (χ0) is 24.0. The van der Waals surface area contributed by atoms with E-state index in [2.05, 4.69) is 29.6 Å². The van der Waals surface area contributed by atoms with Gasteiger partial charge in [0.2, 0.25) is 0 Å². The molecule has 0 saturated carbocycles. The molecule has 0 saturated heterocycles. The van der Waals surface area contributed by atoms with Gasteiger partial charge in [0.1, 0.15) is 5.69 Å². The minimum Gasteiger partial charge on any atom is -0.272 e. The number of non-ortho nitro benzene ring substituents is 1. The van der Waals surface area contributed by atoms with Gasteiger partial charge in [-0.25, -0.2) is 0 Å². The number of hydrazone groups is 1. The summed E-state index contributed by atoms with van der Waals surface area (Å²) >= 11 is 1.70. The molecule has 3 rings (SSSR count). The Balaban J connectivity index is 1.94. The van der Waals surface area contributed by atoms with Gasteiger partial charge in [0.25, 0.3) is 5.69 Å². The Morgan fingerprint density at radius 2 is 1.67 bits per heavy atom. The van der Waals surface area contributed by atoms with Gasteiger partial charge in [0.05, 0.1) is 15.9 Å². The Morgan fingerprint density at radius 1 is 1.00 bits per heavy atom. The Labute approximate surface area is 196 Å². The Hall–Kier alpha value is -3.72. The average molecular weight is 465 g/mol. The molecule has 0 aliphatic heterocycles. The van der Waals surface area contributed by atoms with Crippen LogP contribution in [0.1, 0.15) is 25.0 Å². The number of aryl methyl sites for hydroxylation is 1. The molecule has 0 aromatic heterocycles. The van der Waals surface area contributed by atoms with Crippen molar-refractivity contribution in [2.45, 2.75) is 31.1 Å². The second kappa shape index (κ2) is 10.3. The van der Waals surface area contributed by atoms with E-state index in [-0.39, 0.29) is 11.4 Å². The lowest BCUT2D eigenvalue weighted by atomic mass is 9.80. The summed E-state index contributed by atoms with van der Waals surface area (Å²) in [6.45, 7) is 5.98. The van der Waals surface area contributed by atoms with Crippen molar-refractivity contribution in [2.75, 3.05) is 11.2 Å². The molecule has 8 nitrogen and oxygen atoms in total. The fourth-order valence-electron chi connectivity index (χ4n) is 3.21. The number of hydrogen-bond donors (Lipinski definition) is 1. The minimum atomic E-state index is -0.666.